The SMILES string of the molecule is CC1=C(C=Nc2ccccc2)CCCC1=CNc1ccccc1.Cl. The molecule has 0 spiro atoms. The lowest BCUT2D eigenvalue weighted by atomic mass is 9.89. The Hall–Kier alpha value is -2.32. The Kier molecular flexibility index (Phi) is 6.83. The third-order valence-corrected chi connectivity index (χ3v) is 4.17. The molecule has 0 aliphatic heterocycles. The van der Waals surface area contributed by atoms with E-state index in [9.17, 15) is 0 Å². The van der Waals surface area contributed by atoms with Crippen LogP contribution in [0.3, 0.4) is 0 Å². The van der Waals surface area contributed by atoms with Gasteiger partial charge >= 0.3 is 0 Å². The summed E-state index contributed by atoms with van der Waals surface area (Å²) in [5.74, 6) is 0. The fourth-order valence-corrected chi connectivity index (χ4v) is 2.76. The van der Waals surface area contributed by atoms with Crippen molar-refractivity contribution in [1.82, 2.24) is 0 Å². The first-order valence-electron chi connectivity index (χ1n) is 8.13. The average molecular weight is 339 g/mol. The van der Waals surface area contributed by atoms with Crippen molar-refractivity contribution in [2.75, 3.05) is 5.32 Å². The van der Waals surface area contributed by atoms with E-state index < -0.39 is 0 Å². The van der Waals surface area contributed by atoms with Crippen LogP contribution < -0.4 is 5.32 Å². The Morgan fingerprint density at radius 1 is 0.917 bits per heavy atom. The van der Waals surface area contributed by atoms with Crippen LogP contribution in [0.5, 0.6) is 0 Å². The molecule has 3 heteroatoms. The normalized spacial score (nSPS) is 16.3. The number of nitrogens with one attached hydrogen (secondary N) is 1. The lowest BCUT2D eigenvalue weighted by Crippen LogP contribution is -2.04. The number of halogens is 1. The molecular formula is C21H23ClN2. The standard InChI is InChI=1S/C21H22N2.ClH/c1-17-18(15-22-20-11-4-2-5-12-20)9-8-10-19(17)16-23-21-13-6-3-7-14-21;/h2-7,11-16,22H,8-10H2,1H3;1H. The summed E-state index contributed by atoms with van der Waals surface area (Å²) in [7, 11) is 0. The summed E-state index contributed by atoms with van der Waals surface area (Å²) in [4.78, 5) is 4.60. The third kappa shape index (κ3) is 4.84. The van der Waals surface area contributed by atoms with Crippen molar-refractivity contribution in [2.24, 2.45) is 4.99 Å². The fourth-order valence-electron chi connectivity index (χ4n) is 2.76. The molecule has 1 aliphatic carbocycles. The number of anilines is 1. The largest absolute Gasteiger partial charge is 0.361 e. The van der Waals surface area contributed by atoms with Crippen LogP contribution in [0, 0.1) is 0 Å². The van der Waals surface area contributed by atoms with E-state index in [0.29, 0.717) is 0 Å². The number of allylic oxidation sites excluding steroid dienone is 3. The van der Waals surface area contributed by atoms with Crippen LogP contribution in [0.2, 0.25) is 0 Å². The summed E-state index contributed by atoms with van der Waals surface area (Å²) in [5, 5.41) is 3.40. The van der Waals surface area contributed by atoms with Crippen molar-refractivity contribution < 1.29 is 0 Å². The Morgan fingerprint density at radius 3 is 2.29 bits per heavy atom. The van der Waals surface area contributed by atoms with Crippen LogP contribution in [0.4, 0.5) is 11.4 Å². The monoisotopic (exact) mass is 338 g/mol. The van der Waals surface area contributed by atoms with E-state index in [1.165, 1.54) is 23.1 Å². The van der Waals surface area contributed by atoms with Crippen LogP contribution in [0.15, 0.2) is 88.6 Å². The molecule has 0 radical (unpaired) electrons. The highest BCUT2D eigenvalue weighted by atomic mass is 35.5. The van der Waals surface area contributed by atoms with Crippen molar-refractivity contribution in [3.63, 3.8) is 0 Å². The number of benzene rings is 2. The maximum Gasteiger partial charge on any atom is 0.0629 e. The van der Waals surface area contributed by atoms with Gasteiger partial charge in [0.15, 0.2) is 0 Å². The topological polar surface area (TPSA) is 24.4 Å². The summed E-state index contributed by atoms with van der Waals surface area (Å²) < 4.78 is 0. The number of hydrogen-bond acceptors (Lipinski definition) is 2. The summed E-state index contributed by atoms with van der Waals surface area (Å²) >= 11 is 0. The molecule has 1 aliphatic rings. The summed E-state index contributed by atoms with van der Waals surface area (Å²) in [6, 6.07) is 20.4. The molecular weight excluding hydrogens is 316 g/mol. The first kappa shape index (κ1) is 18.0. The van der Waals surface area contributed by atoms with Crippen LogP contribution in [-0.4, -0.2) is 6.21 Å². The van der Waals surface area contributed by atoms with Crippen molar-refractivity contribution in [2.45, 2.75) is 26.2 Å². The third-order valence-electron chi connectivity index (χ3n) is 4.17. The maximum atomic E-state index is 4.60. The Bertz CT molecular complexity index is 731. The molecule has 24 heavy (non-hydrogen) atoms. The van der Waals surface area contributed by atoms with E-state index in [0.717, 1.165) is 24.2 Å². The number of hydrogen-bond donors (Lipinski definition) is 1. The van der Waals surface area contributed by atoms with Crippen molar-refractivity contribution in [1.29, 1.82) is 0 Å². The minimum absolute atomic E-state index is 0. The maximum absolute atomic E-state index is 4.60. The quantitative estimate of drug-likeness (QED) is 0.649. The zero-order valence-electron chi connectivity index (χ0n) is 13.9. The molecule has 0 saturated heterocycles. The van der Waals surface area contributed by atoms with Crippen molar-refractivity contribution >= 4 is 30.0 Å². The molecule has 2 aromatic carbocycles. The highest BCUT2D eigenvalue weighted by molar-refractivity contribution is 5.85. The molecule has 0 fully saturated rings. The molecule has 3 rings (SSSR count). The van der Waals surface area contributed by atoms with Crippen LogP contribution in [0.1, 0.15) is 26.2 Å². The van der Waals surface area contributed by atoms with Gasteiger partial charge in [-0.3, -0.25) is 4.99 Å². The van der Waals surface area contributed by atoms with Gasteiger partial charge in [0.2, 0.25) is 0 Å². The van der Waals surface area contributed by atoms with Gasteiger partial charge in [0.1, 0.15) is 0 Å². The predicted molar refractivity (Wildman–Crippen MR) is 107 cm³/mol. The molecule has 0 saturated carbocycles. The predicted octanol–water partition coefficient (Wildman–Crippen LogP) is 6.31. The Balaban J connectivity index is 0.00000208. The smallest absolute Gasteiger partial charge is 0.0629 e. The second-order valence-electron chi connectivity index (χ2n) is 5.78. The molecule has 0 amide bonds. The number of rotatable bonds is 4. The molecule has 0 bridgehead atoms. The highest BCUT2D eigenvalue weighted by Crippen LogP contribution is 2.29. The van der Waals surface area contributed by atoms with Crippen LogP contribution in [-0.2, 0) is 0 Å². The van der Waals surface area contributed by atoms with Crippen LogP contribution in [0.25, 0.3) is 0 Å². The lowest BCUT2D eigenvalue weighted by Gasteiger charge is -2.18. The van der Waals surface area contributed by atoms with E-state index in [4.69, 9.17) is 0 Å². The van der Waals surface area contributed by atoms with Gasteiger partial charge in [-0.2, -0.15) is 0 Å². The fraction of sp³-hybridized carbons (Fsp3) is 0.190. The zero-order valence-corrected chi connectivity index (χ0v) is 14.7. The summed E-state index contributed by atoms with van der Waals surface area (Å²) in [6.07, 6.45) is 7.56. The molecule has 1 N–H and O–H groups in total. The van der Waals surface area contributed by atoms with E-state index in [1.54, 1.807) is 0 Å². The van der Waals surface area contributed by atoms with E-state index in [2.05, 4.69) is 35.6 Å². The number of aliphatic imine (C=N–C) groups is 1. The lowest BCUT2D eigenvalue weighted by molar-refractivity contribution is 0.785. The van der Waals surface area contributed by atoms with Gasteiger partial charge in [-0.1, -0.05) is 36.4 Å². The van der Waals surface area contributed by atoms with E-state index in [1.807, 2.05) is 54.7 Å². The first-order chi connectivity index (χ1) is 11.3. The molecule has 2 nitrogen and oxygen atoms in total. The molecule has 124 valence electrons. The van der Waals surface area contributed by atoms with Crippen LogP contribution >= 0.6 is 12.4 Å². The van der Waals surface area contributed by atoms with Gasteiger partial charge in [0, 0.05) is 18.1 Å². The highest BCUT2D eigenvalue weighted by Gasteiger charge is 2.12. The first-order valence-corrected chi connectivity index (χ1v) is 8.13. The number of nitrogens with zero attached hydrogens (tertiary/aromatic N) is 1. The molecule has 0 heterocycles. The molecule has 2 aromatic rings. The number of para-hydroxylation sites is 2. The minimum atomic E-state index is 0. The van der Waals surface area contributed by atoms with Crippen molar-refractivity contribution in [3.8, 4) is 0 Å². The van der Waals surface area contributed by atoms with Gasteiger partial charge in [-0.05, 0) is 67.2 Å². The van der Waals surface area contributed by atoms with Gasteiger partial charge in [-0.25, -0.2) is 0 Å². The van der Waals surface area contributed by atoms with Gasteiger partial charge in [-0.15, -0.1) is 12.4 Å². The van der Waals surface area contributed by atoms with Crippen molar-refractivity contribution in [3.05, 3.63) is 83.6 Å². The van der Waals surface area contributed by atoms with Gasteiger partial charge in [0.05, 0.1) is 5.69 Å². The summed E-state index contributed by atoms with van der Waals surface area (Å²) in [6.45, 7) is 2.20. The minimum Gasteiger partial charge on any atom is -0.361 e. The Morgan fingerprint density at radius 2 is 1.58 bits per heavy atom. The van der Waals surface area contributed by atoms with Gasteiger partial charge < -0.3 is 5.32 Å². The molecule has 0 aromatic heterocycles. The van der Waals surface area contributed by atoms with E-state index in [-0.39, 0.29) is 12.4 Å². The molecule has 0 unspecified atom stereocenters. The Labute approximate surface area is 150 Å². The summed E-state index contributed by atoms with van der Waals surface area (Å²) in [5.41, 5.74) is 6.18. The van der Waals surface area contributed by atoms with Gasteiger partial charge in [0.25, 0.3) is 0 Å². The molecule has 0 atom stereocenters. The second kappa shape index (κ2) is 9.09. The zero-order chi connectivity index (χ0) is 15.9. The second-order valence-corrected chi connectivity index (χ2v) is 5.78. The van der Waals surface area contributed by atoms with E-state index >= 15 is 0 Å². The average Bonchev–Trinajstić information content (AvgIpc) is 2.61.